The van der Waals surface area contributed by atoms with Crippen LogP contribution < -0.4 is 15.4 Å². The molecule has 3 aromatic carbocycles. The zero-order chi connectivity index (χ0) is 19.8. The average molecular weight is 378 g/mol. The van der Waals surface area contributed by atoms with Crippen molar-refractivity contribution in [3.05, 3.63) is 95.8 Å². The van der Waals surface area contributed by atoms with Crippen LogP contribution in [0, 0.1) is 5.82 Å². The lowest BCUT2D eigenvalue weighted by atomic mass is 10.2. The highest BCUT2D eigenvalue weighted by Crippen LogP contribution is 2.17. The Labute approximate surface area is 164 Å². The van der Waals surface area contributed by atoms with E-state index in [0.717, 1.165) is 11.3 Å². The Morgan fingerprint density at radius 2 is 1.64 bits per heavy atom. The minimum atomic E-state index is -0.464. The van der Waals surface area contributed by atoms with Gasteiger partial charge in [-0.15, -0.1) is 0 Å². The van der Waals surface area contributed by atoms with Crippen LogP contribution in [0.2, 0.25) is 0 Å². The van der Waals surface area contributed by atoms with Crippen LogP contribution in [0.15, 0.2) is 78.9 Å². The summed E-state index contributed by atoms with van der Waals surface area (Å²) >= 11 is 0. The van der Waals surface area contributed by atoms with Crippen molar-refractivity contribution in [2.24, 2.45) is 0 Å². The Morgan fingerprint density at radius 1 is 0.964 bits per heavy atom. The molecule has 3 rings (SSSR count). The first kappa shape index (κ1) is 19.6. The van der Waals surface area contributed by atoms with Crippen LogP contribution >= 0.6 is 0 Å². The molecule has 1 amide bonds. The molecule has 0 fully saturated rings. The Hall–Kier alpha value is -3.18. The number of hydrogen-bond donors (Lipinski definition) is 2. The molecule has 0 aliphatic heterocycles. The van der Waals surface area contributed by atoms with Gasteiger partial charge in [0.1, 0.15) is 18.2 Å². The van der Waals surface area contributed by atoms with Gasteiger partial charge in [0.2, 0.25) is 5.91 Å². The highest BCUT2D eigenvalue weighted by molar-refractivity contribution is 5.94. The van der Waals surface area contributed by atoms with Crippen molar-refractivity contribution in [2.45, 2.75) is 26.1 Å². The number of carbonyl (C=O) groups is 1. The topological polar surface area (TPSA) is 50.4 Å². The third kappa shape index (κ3) is 5.66. The summed E-state index contributed by atoms with van der Waals surface area (Å²) < 4.78 is 19.4. The van der Waals surface area contributed by atoms with Gasteiger partial charge in [-0.2, -0.15) is 0 Å². The van der Waals surface area contributed by atoms with Crippen molar-refractivity contribution in [1.82, 2.24) is 5.32 Å². The molecule has 3 aromatic rings. The third-order valence-corrected chi connectivity index (χ3v) is 4.32. The van der Waals surface area contributed by atoms with Crippen LogP contribution in [-0.4, -0.2) is 11.9 Å². The third-order valence-electron chi connectivity index (χ3n) is 4.32. The number of benzene rings is 3. The number of nitrogens with one attached hydrogen (secondary N) is 2. The lowest BCUT2D eigenvalue weighted by Gasteiger charge is -2.15. The van der Waals surface area contributed by atoms with E-state index in [0.29, 0.717) is 17.9 Å². The molecule has 0 saturated heterocycles. The fourth-order valence-corrected chi connectivity index (χ4v) is 2.62. The van der Waals surface area contributed by atoms with Crippen LogP contribution in [0.5, 0.6) is 5.75 Å². The van der Waals surface area contributed by atoms with E-state index in [2.05, 4.69) is 10.6 Å². The summed E-state index contributed by atoms with van der Waals surface area (Å²) in [5.74, 6) is 0.260. The largest absolute Gasteiger partial charge is 0.489 e. The normalized spacial score (nSPS) is 11.6. The molecule has 0 heterocycles. The van der Waals surface area contributed by atoms with Gasteiger partial charge in [-0.1, -0.05) is 48.5 Å². The second-order valence-electron chi connectivity index (χ2n) is 6.48. The first-order chi connectivity index (χ1) is 13.6. The molecule has 0 bridgehead atoms. The van der Waals surface area contributed by atoms with Gasteiger partial charge in [0.05, 0.1) is 6.04 Å². The summed E-state index contributed by atoms with van der Waals surface area (Å²) in [5.41, 5.74) is 2.30. The van der Waals surface area contributed by atoms with Crippen LogP contribution in [0.4, 0.5) is 10.1 Å². The zero-order valence-electron chi connectivity index (χ0n) is 15.7. The second-order valence-corrected chi connectivity index (χ2v) is 6.48. The number of ether oxygens (including phenoxy) is 1. The fraction of sp³-hybridized carbons (Fsp3) is 0.174. The van der Waals surface area contributed by atoms with E-state index in [1.54, 1.807) is 37.3 Å². The Bertz CT molecular complexity index is 898. The maximum absolute atomic E-state index is 13.6. The zero-order valence-corrected chi connectivity index (χ0v) is 15.7. The quantitative estimate of drug-likeness (QED) is 0.606. The van der Waals surface area contributed by atoms with Crippen LogP contribution in [-0.2, 0) is 17.9 Å². The first-order valence-corrected chi connectivity index (χ1v) is 9.16. The second kappa shape index (κ2) is 9.67. The summed E-state index contributed by atoms with van der Waals surface area (Å²) in [6, 6.07) is 23.2. The van der Waals surface area contributed by atoms with E-state index in [-0.39, 0.29) is 18.3 Å². The summed E-state index contributed by atoms with van der Waals surface area (Å²) in [7, 11) is 0. The molecule has 2 N–H and O–H groups in total. The minimum Gasteiger partial charge on any atom is -0.489 e. The smallest absolute Gasteiger partial charge is 0.241 e. The Morgan fingerprint density at radius 3 is 2.36 bits per heavy atom. The Kier molecular flexibility index (Phi) is 6.76. The minimum absolute atomic E-state index is 0.186. The van der Waals surface area contributed by atoms with Crippen molar-refractivity contribution in [3.8, 4) is 5.75 Å². The van der Waals surface area contributed by atoms with Crippen LogP contribution in [0.1, 0.15) is 18.1 Å². The number of rotatable bonds is 8. The monoisotopic (exact) mass is 378 g/mol. The summed E-state index contributed by atoms with van der Waals surface area (Å²) in [4.78, 5) is 12.3. The Balaban J connectivity index is 1.47. The number of carbonyl (C=O) groups excluding carboxylic acids is 1. The van der Waals surface area contributed by atoms with Crippen LogP contribution in [0.25, 0.3) is 0 Å². The van der Waals surface area contributed by atoms with Crippen molar-refractivity contribution >= 4 is 11.6 Å². The maximum atomic E-state index is 13.6. The van der Waals surface area contributed by atoms with Gasteiger partial charge >= 0.3 is 0 Å². The van der Waals surface area contributed by atoms with Crippen molar-refractivity contribution < 1.29 is 13.9 Å². The average Bonchev–Trinajstić information content (AvgIpc) is 2.73. The molecular formula is C23H23FN2O2. The van der Waals surface area contributed by atoms with Gasteiger partial charge in [0, 0.05) is 17.8 Å². The predicted octanol–water partition coefficient (Wildman–Crippen LogP) is 4.52. The van der Waals surface area contributed by atoms with E-state index in [9.17, 15) is 9.18 Å². The van der Waals surface area contributed by atoms with Crippen LogP contribution in [0.3, 0.4) is 0 Å². The lowest BCUT2D eigenvalue weighted by Crippen LogP contribution is -2.37. The van der Waals surface area contributed by atoms with E-state index >= 15 is 0 Å². The summed E-state index contributed by atoms with van der Waals surface area (Å²) in [6.07, 6.45) is 0. The van der Waals surface area contributed by atoms with E-state index in [1.165, 1.54) is 6.07 Å². The van der Waals surface area contributed by atoms with E-state index in [1.807, 2.05) is 42.5 Å². The number of anilines is 1. The molecule has 0 unspecified atom stereocenters. The molecule has 0 spiro atoms. The van der Waals surface area contributed by atoms with E-state index < -0.39 is 6.04 Å². The molecule has 0 aromatic heterocycles. The van der Waals surface area contributed by atoms with Crippen molar-refractivity contribution in [1.29, 1.82) is 0 Å². The standard InChI is InChI=1S/C23H23FN2O2/c1-17(25-15-19-9-5-6-10-22(19)24)23(27)26-20-11-13-21(14-12-20)28-16-18-7-3-2-4-8-18/h2-14,17,25H,15-16H2,1H3,(H,26,27)/t17-/m0/s1. The fourth-order valence-electron chi connectivity index (χ4n) is 2.62. The number of halogens is 1. The molecule has 28 heavy (non-hydrogen) atoms. The molecule has 4 nitrogen and oxygen atoms in total. The molecule has 0 radical (unpaired) electrons. The van der Waals surface area contributed by atoms with Crippen molar-refractivity contribution in [3.63, 3.8) is 0 Å². The highest BCUT2D eigenvalue weighted by atomic mass is 19.1. The molecule has 0 aliphatic carbocycles. The molecule has 5 heteroatoms. The maximum Gasteiger partial charge on any atom is 0.241 e. The lowest BCUT2D eigenvalue weighted by molar-refractivity contribution is -0.117. The molecule has 1 atom stereocenters. The van der Waals surface area contributed by atoms with Gasteiger partial charge in [-0.05, 0) is 42.8 Å². The first-order valence-electron chi connectivity index (χ1n) is 9.16. The summed E-state index contributed by atoms with van der Waals surface area (Å²) in [5, 5.41) is 5.88. The van der Waals surface area contributed by atoms with Gasteiger partial charge in [0.15, 0.2) is 0 Å². The van der Waals surface area contributed by atoms with Gasteiger partial charge in [-0.3, -0.25) is 4.79 Å². The van der Waals surface area contributed by atoms with Gasteiger partial charge in [-0.25, -0.2) is 4.39 Å². The summed E-state index contributed by atoms with van der Waals surface area (Å²) in [6.45, 7) is 2.52. The van der Waals surface area contributed by atoms with Crippen molar-refractivity contribution in [2.75, 3.05) is 5.32 Å². The SMILES string of the molecule is C[C@H](NCc1ccccc1F)C(=O)Nc1ccc(OCc2ccccc2)cc1. The number of hydrogen-bond acceptors (Lipinski definition) is 3. The highest BCUT2D eigenvalue weighted by Gasteiger charge is 2.13. The predicted molar refractivity (Wildman–Crippen MR) is 109 cm³/mol. The molecular weight excluding hydrogens is 355 g/mol. The van der Waals surface area contributed by atoms with Gasteiger partial charge in [0.25, 0.3) is 0 Å². The molecule has 144 valence electrons. The number of amides is 1. The van der Waals surface area contributed by atoms with Gasteiger partial charge < -0.3 is 15.4 Å². The molecule has 0 saturated carbocycles. The van der Waals surface area contributed by atoms with E-state index in [4.69, 9.17) is 4.74 Å². The molecule has 0 aliphatic rings.